The molecule has 0 aliphatic carbocycles. The van der Waals surface area contributed by atoms with E-state index < -0.39 is 0 Å². The maximum atomic E-state index is 4.09. The van der Waals surface area contributed by atoms with Crippen LogP contribution in [0.5, 0.6) is 0 Å². The van der Waals surface area contributed by atoms with Crippen LogP contribution in [0.25, 0.3) is 5.57 Å². The summed E-state index contributed by atoms with van der Waals surface area (Å²) in [6, 6.07) is 10.4. The minimum Gasteiger partial charge on any atom is -0.0952 e. The molecule has 1 rings (SSSR count). The summed E-state index contributed by atoms with van der Waals surface area (Å²) in [7, 11) is 0. The molecular weight excluding hydrogens is 271 g/mol. The first kappa shape index (κ1) is 10.8. The average molecular weight is 286 g/mol. The molecule has 0 aromatic heterocycles. The lowest BCUT2D eigenvalue weighted by molar-refractivity contribution is 0.842. The molecule has 0 saturated heterocycles. The fraction of sp³-hybridized carbons (Fsp3) is 0.333. The summed E-state index contributed by atoms with van der Waals surface area (Å²) in [6.45, 7) is 4.09. The van der Waals surface area contributed by atoms with Crippen LogP contribution in [0.3, 0.4) is 0 Å². The van der Waals surface area contributed by atoms with E-state index in [1.165, 1.54) is 28.4 Å². The molecule has 0 aliphatic heterocycles. The van der Waals surface area contributed by atoms with Gasteiger partial charge in [-0.2, -0.15) is 0 Å². The summed E-state index contributed by atoms with van der Waals surface area (Å²) in [5.41, 5.74) is 2.56. The first-order valence-electron chi connectivity index (χ1n) is 4.64. The van der Waals surface area contributed by atoms with Crippen LogP contribution in [0.4, 0.5) is 0 Å². The molecule has 0 N–H and O–H groups in total. The molecule has 0 saturated carbocycles. The van der Waals surface area contributed by atoms with Crippen molar-refractivity contribution in [2.75, 3.05) is 4.43 Å². The van der Waals surface area contributed by atoms with Gasteiger partial charge in [0.25, 0.3) is 0 Å². The smallest absolute Gasteiger partial charge is 0.000461 e. The molecule has 0 nitrogen and oxygen atoms in total. The first-order chi connectivity index (χ1) is 6.34. The van der Waals surface area contributed by atoms with Gasteiger partial charge in [0.1, 0.15) is 0 Å². The topological polar surface area (TPSA) is 0 Å². The number of halogens is 1. The van der Waals surface area contributed by atoms with E-state index in [-0.39, 0.29) is 0 Å². The van der Waals surface area contributed by atoms with E-state index in [9.17, 15) is 0 Å². The maximum absolute atomic E-state index is 4.09. The third kappa shape index (κ3) is 3.94. The van der Waals surface area contributed by atoms with Gasteiger partial charge >= 0.3 is 0 Å². The fourth-order valence-corrected chi connectivity index (χ4v) is 1.79. The molecular formula is C12H15I. The summed E-state index contributed by atoms with van der Waals surface area (Å²) in [5.74, 6) is 0. The normalized spacial score (nSPS) is 9.92. The van der Waals surface area contributed by atoms with E-state index in [0.29, 0.717) is 0 Å². The van der Waals surface area contributed by atoms with Crippen molar-refractivity contribution >= 4 is 28.2 Å². The third-order valence-electron chi connectivity index (χ3n) is 2.04. The van der Waals surface area contributed by atoms with Gasteiger partial charge < -0.3 is 0 Å². The van der Waals surface area contributed by atoms with E-state index in [1.54, 1.807) is 0 Å². The number of alkyl halides is 1. The number of allylic oxidation sites excluding steroid dienone is 1. The fourth-order valence-electron chi connectivity index (χ4n) is 1.25. The summed E-state index contributed by atoms with van der Waals surface area (Å²) in [4.78, 5) is 0. The Kier molecular flexibility index (Phi) is 5.13. The van der Waals surface area contributed by atoms with Crippen molar-refractivity contribution in [3.05, 3.63) is 42.5 Å². The second kappa shape index (κ2) is 6.19. The van der Waals surface area contributed by atoms with Gasteiger partial charge in [-0.3, -0.25) is 0 Å². The van der Waals surface area contributed by atoms with E-state index in [2.05, 4.69) is 53.4 Å². The molecule has 0 atom stereocenters. The van der Waals surface area contributed by atoms with Gasteiger partial charge in [-0.1, -0.05) is 59.5 Å². The van der Waals surface area contributed by atoms with Crippen molar-refractivity contribution in [2.24, 2.45) is 0 Å². The Balaban J connectivity index is 2.40. The Labute approximate surface area is 94.2 Å². The van der Waals surface area contributed by atoms with Crippen LogP contribution in [-0.4, -0.2) is 4.43 Å². The molecule has 1 aromatic rings. The highest BCUT2D eigenvalue weighted by Gasteiger charge is 1.96. The van der Waals surface area contributed by atoms with Crippen molar-refractivity contribution in [1.82, 2.24) is 0 Å². The van der Waals surface area contributed by atoms with Crippen LogP contribution in [0.2, 0.25) is 0 Å². The van der Waals surface area contributed by atoms with Crippen molar-refractivity contribution in [2.45, 2.75) is 19.3 Å². The molecule has 0 bridgehead atoms. The SMILES string of the molecule is C=C(CCCCI)c1ccccc1. The Morgan fingerprint density at radius 2 is 1.85 bits per heavy atom. The Morgan fingerprint density at radius 3 is 2.46 bits per heavy atom. The molecule has 0 aliphatic rings. The number of unbranched alkanes of at least 4 members (excludes halogenated alkanes) is 1. The third-order valence-corrected chi connectivity index (χ3v) is 2.81. The predicted octanol–water partition coefficient (Wildman–Crippen LogP) is 4.31. The average Bonchev–Trinajstić information content (AvgIpc) is 2.19. The van der Waals surface area contributed by atoms with Crippen LogP contribution in [0, 0.1) is 0 Å². The van der Waals surface area contributed by atoms with Crippen LogP contribution in [0.1, 0.15) is 24.8 Å². The molecule has 1 aromatic carbocycles. The van der Waals surface area contributed by atoms with Crippen LogP contribution in [-0.2, 0) is 0 Å². The van der Waals surface area contributed by atoms with Gasteiger partial charge in [0.15, 0.2) is 0 Å². The maximum Gasteiger partial charge on any atom is -0.000461 e. The lowest BCUT2D eigenvalue weighted by Crippen LogP contribution is -1.83. The zero-order valence-corrected chi connectivity index (χ0v) is 9.96. The standard InChI is InChI=1S/C12H15I/c1-11(7-5-6-10-13)12-8-3-2-4-9-12/h2-4,8-9H,1,5-7,10H2. The lowest BCUT2D eigenvalue weighted by Gasteiger charge is -2.04. The highest BCUT2D eigenvalue weighted by Crippen LogP contribution is 2.18. The van der Waals surface area contributed by atoms with Crippen molar-refractivity contribution in [1.29, 1.82) is 0 Å². The number of rotatable bonds is 5. The van der Waals surface area contributed by atoms with Gasteiger partial charge in [-0.05, 0) is 34.8 Å². The first-order valence-corrected chi connectivity index (χ1v) is 6.16. The second-order valence-electron chi connectivity index (χ2n) is 3.12. The minimum atomic E-state index is 1.13. The van der Waals surface area contributed by atoms with E-state index in [0.717, 1.165) is 6.42 Å². The quantitative estimate of drug-likeness (QED) is 0.430. The van der Waals surface area contributed by atoms with Crippen LogP contribution < -0.4 is 0 Å². The predicted molar refractivity (Wildman–Crippen MR) is 68.2 cm³/mol. The highest BCUT2D eigenvalue weighted by molar-refractivity contribution is 14.1. The zero-order chi connectivity index (χ0) is 9.52. The summed E-state index contributed by atoms with van der Waals surface area (Å²) in [5, 5.41) is 0. The number of hydrogen-bond donors (Lipinski definition) is 0. The largest absolute Gasteiger partial charge is 0.0952 e. The van der Waals surface area contributed by atoms with E-state index >= 15 is 0 Å². The molecule has 0 amide bonds. The second-order valence-corrected chi connectivity index (χ2v) is 4.19. The van der Waals surface area contributed by atoms with Crippen LogP contribution >= 0.6 is 22.6 Å². The molecule has 0 spiro atoms. The van der Waals surface area contributed by atoms with Crippen LogP contribution in [0.15, 0.2) is 36.9 Å². The Hall–Kier alpha value is -0.310. The highest BCUT2D eigenvalue weighted by atomic mass is 127. The van der Waals surface area contributed by atoms with Crippen molar-refractivity contribution in [3.63, 3.8) is 0 Å². The summed E-state index contributed by atoms with van der Waals surface area (Å²) >= 11 is 2.42. The molecule has 0 radical (unpaired) electrons. The zero-order valence-electron chi connectivity index (χ0n) is 7.80. The van der Waals surface area contributed by atoms with Gasteiger partial charge in [0.05, 0.1) is 0 Å². The molecule has 1 heteroatoms. The van der Waals surface area contributed by atoms with E-state index in [1.807, 2.05) is 6.07 Å². The molecule has 13 heavy (non-hydrogen) atoms. The van der Waals surface area contributed by atoms with Gasteiger partial charge in [-0.15, -0.1) is 0 Å². The van der Waals surface area contributed by atoms with Crippen molar-refractivity contribution in [3.8, 4) is 0 Å². The number of hydrogen-bond acceptors (Lipinski definition) is 0. The van der Waals surface area contributed by atoms with Gasteiger partial charge in [0.2, 0.25) is 0 Å². The van der Waals surface area contributed by atoms with Crippen molar-refractivity contribution < 1.29 is 0 Å². The lowest BCUT2D eigenvalue weighted by atomic mass is 10.0. The molecule has 70 valence electrons. The molecule has 0 fully saturated rings. The minimum absolute atomic E-state index is 1.13. The molecule has 0 heterocycles. The molecule has 0 unspecified atom stereocenters. The summed E-state index contributed by atoms with van der Waals surface area (Å²) < 4.78 is 1.25. The Morgan fingerprint density at radius 1 is 1.15 bits per heavy atom. The van der Waals surface area contributed by atoms with Gasteiger partial charge in [-0.25, -0.2) is 0 Å². The Bertz CT molecular complexity index is 251. The summed E-state index contributed by atoms with van der Waals surface area (Å²) in [6.07, 6.45) is 3.69. The monoisotopic (exact) mass is 286 g/mol. The van der Waals surface area contributed by atoms with Gasteiger partial charge in [0, 0.05) is 0 Å². The van der Waals surface area contributed by atoms with E-state index in [4.69, 9.17) is 0 Å². The number of benzene rings is 1.